The lowest BCUT2D eigenvalue weighted by molar-refractivity contribution is 1.21. The first-order valence-electron chi connectivity index (χ1n) is 5.11. The van der Waals surface area contributed by atoms with Crippen LogP contribution in [0, 0.1) is 6.07 Å². The normalized spacial score (nSPS) is 10.5. The van der Waals surface area contributed by atoms with Crippen molar-refractivity contribution < 1.29 is 0 Å². The van der Waals surface area contributed by atoms with Gasteiger partial charge >= 0.3 is 0 Å². The van der Waals surface area contributed by atoms with Gasteiger partial charge in [0.05, 0.1) is 11.9 Å². The van der Waals surface area contributed by atoms with Crippen LogP contribution >= 0.6 is 0 Å². The highest BCUT2D eigenvalue weighted by Gasteiger charge is 2.00. The molecule has 0 fully saturated rings. The largest absolute Gasteiger partial charge is 0.261 e. The molecule has 1 heterocycles. The molecular formula is C14H9N2. The Morgan fingerprint density at radius 1 is 0.938 bits per heavy atom. The quantitative estimate of drug-likeness (QED) is 0.610. The van der Waals surface area contributed by atoms with Crippen molar-refractivity contribution in [3.63, 3.8) is 0 Å². The average Bonchev–Trinajstić information content (AvgIpc) is 2.39. The predicted molar refractivity (Wildman–Crippen MR) is 63.8 cm³/mol. The fourth-order valence-corrected chi connectivity index (χ4v) is 1.70. The third-order valence-electron chi connectivity index (χ3n) is 2.50. The van der Waals surface area contributed by atoms with Crippen LogP contribution in [-0.4, -0.2) is 9.97 Å². The standard InChI is InChI=1S/C14H9N2/c1-2-4-12-9-13(6-5-11(12)3-1)14-10-15-7-8-16-14/h1-8,10H. The topological polar surface area (TPSA) is 25.8 Å². The Bertz CT molecular complexity index is 618. The summed E-state index contributed by atoms with van der Waals surface area (Å²) in [5, 5.41) is 2.29. The van der Waals surface area contributed by atoms with E-state index >= 15 is 0 Å². The summed E-state index contributed by atoms with van der Waals surface area (Å²) in [5.41, 5.74) is 1.83. The van der Waals surface area contributed by atoms with Gasteiger partial charge in [-0.15, -0.1) is 0 Å². The Labute approximate surface area is 93.6 Å². The number of benzene rings is 2. The third kappa shape index (κ3) is 1.54. The molecule has 0 aliphatic carbocycles. The summed E-state index contributed by atoms with van der Waals surface area (Å²) >= 11 is 0. The van der Waals surface area contributed by atoms with E-state index in [-0.39, 0.29) is 0 Å². The Hall–Kier alpha value is -2.22. The zero-order chi connectivity index (χ0) is 10.8. The van der Waals surface area contributed by atoms with Gasteiger partial charge < -0.3 is 0 Å². The van der Waals surface area contributed by atoms with Crippen molar-refractivity contribution in [2.45, 2.75) is 0 Å². The van der Waals surface area contributed by atoms with Gasteiger partial charge in [-0.3, -0.25) is 9.97 Å². The maximum atomic E-state index is 4.26. The second kappa shape index (κ2) is 3.74. The van der Waals surface area contributed by atoms with Crippen molar-refractivity contribution >= 4 is 10.8 Å². The van der Waals surface area contributed by atoms with Crippen molar-refractivity contribution in [2.24, 2.45) is 0 Å². The van der Waals surface area contributed by atoms with Crippen molar-refractivity contribution in [3.05, 3.63) is 61.1 Å². The molecule has 0 unspecified atom stereocenters. The lowest BCUT2D eigenvalue weighted by Gasteiger charge is -2.01. The first-order valence-corrected chi connectivity index (χ1v) is 5.11. The maximum absolute atomic E-state index is 4.26. The molecular weight excluding hydrogens is 196 g/mol. The van der Waals surface area contributed by atoms with Crippen LogP contribution in [0.25, 0.3) is 22.0 Å². The van der Waals surface area contributed by atoms with Crippen molar-refractivity contribution in [3.8, 4) is 11.3 Å². The van der Waals surface area contributed by atoms with Crippen LogP contribution < -0.4 is 0 Å². The molecule has 0 saturated heterocycles. The average molecular weight is 205 g/mol. The fraction of sp³-hybridized carbons (Fsp3) is 0. The zero-order valence-corrected chi connectivity index (χ0v) is 8.59. The molecule has 3 aromatic rings. The van der Waals surface area contributed by atoms with E-state index in [1.54, 1.807) is 18.6 Å². The highest BCUT2D eigenvalue weighted by Crippen LogP contribution is 2.21. The van der Waals surface area contributed by atoms with Gasteiger partial charge in [0.2, 0.25) is 0 Å². The molecule has 3 rings (SSSR count). The molecule has 0 aliphatic heterocycles. The van der Waals surface area contributed by atoms with Gasteiger partial charge in [0.1, 0.15) is 0 Å². The summed E-state index contributed by atoms with van der Waals surface area (Å²) < 4.78 is 0. The number of aromatic nitrogens is 2. The molecule has 0 atom stereocenters. The summed E-state index contributed by atoms with van der Waals surface area (Å²) in [5.74, 6) is 0. The van der Waals surface area contributed by atoms with E-state index in [1.165, 1.54) is 5.39 Å². The lowest BCUT2D eigenvalue weighted by Crippen LogP contribution is -1.84. The molecule has 1 radical (unpaired) electrons. The predicted octanol–water partition coefficient (Wildman–Crippen LogP) is 3.10. The van der Waals surface area contributed by atoms with Crippen LogP contribution in [-0.2, 0) is 0 Å². The van der Waals surface area contributed by atoms with E-state index in [9.17, 15) is 0 Å². The van der Waals surface area contributed by atoms with Crippen molar-refractivity contribution in [2.75, 3.05) is 0 Å². The minimum Gasteiger partial charge on any atom is -0.261 e. The lowest BCUT2D eigenvalue weighted by atomic mass is 10.1. The van der Waals surface area contributed by atoms with Gasteiger partial charge in [0.25, 0.3) is 0 Å². The maximum Gasteiger partial charge on any atom is 0.0891 e. The molecule has 0 saturated carbocycles. The summed E-state index contributed by atoms with van der Waals surface area (Å²) in [7, 11) is 0. The van der Waals surface area contributed by atoms with Crippen LogP contribution in [0.5, 0.6) is 0 Å². The van der Waals surface area contributed by atoms with E-state index in [1.807, 2.05) is 18.2 Å². The number of hydrogen-bond acceptors (Lipinski definition) is 2. The highest BCUT2D eigenvalue weighted by molar-refractivity contribution is 5.85. The number of nitrogens with zero attached hydrogens (tertiary/aromatic N) is 2. The minimum atomic E-state index is 0.855. The molecule has 0 aliphatic rings. The fourth-order valence-electron chi connectivity index (χ4n) is 1.70. The molecule has 0 amide bonds. The Morgan fingerprint density at radius 3 is 2.75 bits per heavy atom. The first kappa shape index (κ1) is 9.04. The molecule has 2 nitrogen and oxygen atoms in total. The molecule has 0 bridgehead atoms. The second-order valence-corrected chi connectivity index (χ2v) is 3.55. The molecule has 2 heteroatoms. The monoisotopic (exact) mass is 205 g/mol. The van der Waals surface area contributed by atoms with Crippen LogP contribution in [0.15, 0.2) is 55.0 Å². The summed E-state index contributed by atoms with van der Waals surface area (Å²) in [6.45, 7) is 0. The van der Waals surface area contributed by atoms with E-state index < -0.39 is 0 Å². The number of fused-ring (bicyclic) bond motifs is 1. The van der Waals surface area contributed by atoms with Crippen LogP contribution in [0.3, 0.4) is 0 Å². The van der Waals surface area contributed by atoms with Gasteiger partial charge in [-0.2, -0.15) is 0 Å². The Kier molecular flexibility index (Phi) is 2.11. The van der Waals surface area contributed by atoms with Gasteiger partial charge in [-0.25, -0.2) is 0 Å². The van der Waals surface area contributed by atoms with Gasteiger partial charge in [0.15, 0.2) is 0 Å². The molecule has 16 heavy (non-hydrogen) atoms. The SMILES string of the molecule is [c]1c(-c2cnccn2)ccc2ccccc12. The van der Waals surface area contributed by atoms with E-state index in [0.29, 0.717) is 0 Å². The first-order chi connectivity index (χ1) is 7.93. The third-order valence-corrected chi connectivity index (χ3v) is 2.50. The van der Waals surface area contributed by atoms with Crippen molar-refractivity contribution in [1.29, 1.82) is 0 Å². The van der Waals surface area contributed by atoms with Crippen LogP contribution in [0.2, 0.25) is 0 Å². The van der Waals surface area contributed by atoms with Gasteiger partial charge in [-0.05, 0) is 10.8 Å². The summed E-state index contributed by atoms with van der Waals surface area (Å²) in [6, 6.07) is 15.6. The van der Waals surface area contributed by atoms with Gasteiger partial charge in [0, 0.05) is 24.0 Å². The van der Waals surface area contributed by atoms with E-state index in [4.69, 9.17) is 0 Å². The number of rotatable bonds is 1. The number of hydrogen-bond donors (Lipinski definition) is 0. The molecule has 0 spiro atoms. The Balaban J connectivity index is 2.19. The second-order valence-electron chi connectivity index (χ2n) is 3.55. The van der Waals surface area contributed by atoms with Crippen LogP contribution in [0.4, 0.5) is 0 Å². The Morgan fingerprint density at radius 2 is 1.88 bits per heavy atom. The highest BCUT2D eigenvalue weighted by atomic mass is 14.8. The van der Waals surface area contributed by atoms with Crippen LogP contribution in [0.1, 0.15) is 0 Å². The summed E-state index contributed by atoms with van der Waals surface area (Å²) in [6.07, 6.45) is 5.11. The molecule has 0 N–H and O–H groups in total. The van der Waals surface area contributed by atoms with Crippen molar-refractivity contribution in [1.82, 2.24) is 9.97 Å². The molecule has 75 valence electrons. The smallest absolute Gasteiger partial charge is 0.0891 e. The van der Waals surface area contributed by atoms with E-state index in [0.717, 1.165) is 16.6 Å². The summed E-state index contributed by atoms with van der Waals surface area (Å²) in [4.78, 5) is 8.32. The molecule has 1 aromatic heterocycles. The zero-order valence-electron chi connectivity index (χ0n) is 8.59. The minimum absolute atomic E-state index is 0.855. The molecule has 2 aromatic carbocycles. The van der Waals surface area contributed by atoms with E-state index in [2.05, 4.69) is 34.2 Å². The van der Waals surface area contributed by atoms with Gasteiger partial charge in [-0.1, -0.05) is 36.4 Å².